The van der Waals surface area contributed by atoms with Crippen LogP contribution < -0.4 is 0 Å². The summed E-state index contributed by atoms with van der Waals surface area (Å²) in [6, 6.07) is 7.24. The zero-order chi connectivity index (χ0) is 15.0. The number of carboxylic acid groups (broad SMARTS) is 1. The van der Waals surface area contributed by atoms with Crippen LogP contribution in [0.4, 0.5) is 0 Å². The summed E-state index contributed by atoms with van der Waals surface area (Å²) >= 11 is 7.23. The summed E-state index contributed by atoms with van der Waals surface area (Å²) in [5.74, 6) is -1.01. The largest absolute Gasteiger partial charge is 0.478 e. The number of nitrogens with zero attached hydrogens (tertiary/aromatic N) is 3. The van der Waals surface area contributed by atoms with Crippen molar-refractivity contribution in [1.82, 2.24) is 14.8 Å². The van der Waals surface area contributed by atoms with Gasteiger partial charge in [-0.15, -0.1) is 0 Å². The number of benzene rings is 1. The maximum absolute atomic E-state index is 11.4. The van der Waals surface area contributed by atoms with Crippen LogP contribution in [-0.2, 0) is 7.05 Å². The summed E-state index contributed by atoms with van der Waals surface area (Å²) < 4.78 is 1.62. The van der Waals surface area contributed by atoms with E-state index < -0.39 is 5.97 Å². The van der Waals surface area contributed by atoms with Crippen LogP contribution in [0.25, 0.3) is 11.0 Å². The predicted molar refractivity (Wildman–Crippen MR) is 81.0 cm³/mol. The molecule has 2 aromatic heterocycles. The fraction of sp³-hybridized carbons (Fsp3) is 0.0714. The number of hydrogen-bond donors (Lipinski definition) is 1. The number of aryl methyl sites for hydroxylation is 1. The van der Waals surface area contributed by atoms with Crippen LogP contribution in [0.1, 0.15) is 10.4 Å². The van der Waals surface area contributed by atoms with E-state index >= 15 is 0 Å². The van der Waals surface area contributed by atoms with E-state index in [4.69, 9.17) is 11.6 Å². The molecular weight excluding hydrogens is 310 g/mol. The first-order valence-corrected chi connectivity index (χ1v) is 7.23. The number of aromatic carboxylic acids is 1. The molecule has 0 fully saturated rings. The number of pyridine rings is 1. The fourth-order valence-corrected chi connectivity index (χ4v) is 3.09. The molecule has 0 aliphatic heterocycles. The molecule has 0 saturated heterocycles. The first kappa shape index (κ1) is 13.9. The van der Waals surface area contributed by atoms with E-state index in [9.17, 15) is 9.90 Å². The lowest BCUT2D eigenvalue weighted by molar-refractivity contribution is 0.0693. The lowest BCUT2D eigenvalue weighted by Crippen LogP contribution is -2.01. The molecule has 0 amide bonds. The molecule has 1 aromatic carbocycles. The Hall–Kier alpha value is -2.05. The third kappa shape index (κ3) is 2.59. The predicted octanol–water partition coefficient (Wildman–Crippen LogP) is 3.47. The van der Waals surface area contributed by atoms with Gasteiger partial charge < -0.3 is 5.11 Å². The number of halogens is 1. The molecule has 106 valence electrons. The quantitative estimate of drug-likeness (QED) is 0.800. The van der Waals surface area contributed by atoms with Crippen LogP contribution in [0.2, 0.25) is 5.02 Å². The smallest absolute Gasteiger partial charge is 0.338 e. The van der Waals surface area contributed by atoms with Crippen molar-refractivity contribution in [3.63, 3.8) is 0 Å². The monoisotopic (exact) mass is 319 g/mol. The zero-order valence-electron chi connectivity index (χ0n) is 10.9. The van der Waals surface area contributed by atoms with Crippen LogP contribution in [0.3, 0.4) is 0 Å². The Bertz CT molecular complexity index is 830. The van der Waals surface area contributed by atoms with Gasteiger partial charge in [0.25, 0.3) is 0 Å². The molecule has 3 aromatic rings. The van der Waals surface area contributed by atoms with Gasteiger partial charge in [0, 0.05) is 28.1 Å². The van der Waals surface area contributed by atoms with Crippen molar-refractivity contribution in [2.45, 2.75) is 9.79 Å². The third-order valence-corrected chi connectivity index (χ3v) is 4.38. The molecule has 0 spiro atoms. The van der Waals surface area contributed by atoms with Gasteiger partial charge in [0.2, 0.25) is 0 Å². The van der Waals surface area contributed by atoms with Gasteiger partial charge in [-0.25, -0.2) is 9.78 Å². The molecule has 0 radical (unpaired) electrons. The van der Waals surface area contributed by atoms with E-state index in [2.05, 4.69) is 10.1 Å². The average molecular weight is 320 g/mol. The number of carboxylic acids is 1. The Labute approximate surface area is 129 Å². The minimum Gasteiger partial charge on any atom is -0.478 e. The topological polar surface area (TPSA) is 68.0 Å². The van der Waals surface area contributed by atoms with Gasteiger partial charge in [-0.1, -0.05) is 23.4 Å². The van der Waals surface area contributed by atoms with Gasteiger partial charge in [0.1, 0.15) is 0 Å². The zero-order valence-corrected chi connectivity index (χ0v) is 12.5. The highest BCUT2D eigenvalue weighted by Crippen LogP contribution is 2.35. The maximum atomic E-state index is 11.4. The first-order chi connectivity index (χ1) is 10.1. The van der Waals surface area contributed by atoms with Crippen LogP contribution in [0.15, 0.2) is 46.5 Å². The highest BCUT2D eigenvalue weighted by atomic mass is 35.5. The molecule has 0 aliphatic rings. The Morgan fingerprint density at radius 2 is 2.00 bits per heavy atom. The first-order valence-electron chi connectivity index (χ1n) is 6.03. The van der Waals surface area contributed by atoms with Gasteiger partial charge in [-0.3, -0.25) is 4.68 Å². The molecule has 0 atom stereocenters. The third-order valence-electron chi connectivity index (χ3n) is 2.98. The van der Waals surface area contributed by atoms with Crippen LogP contribution in [-0.4, -0.2) is 25.8 Å². The fourth-order valence-electron chi connectivity index (χ4n) is 1.96. The lowest BCUT2D eigenvalue weighted by Gasteiger charge is -2.07. The van der Waals surface area contributed by atoms with Gasteiger partial charge in [-0.05, 0) is 24.3 Å². The van der Waals surface area contributed by atoms with E-state index in [1.54, 1.807) is 30.1 Å². The van der Waals surface area contributed by atoms with E-state index in [1.807, 2.05) is 12.1 Å². The van der Waals surface area contributed by atoms with Gasteiger partial charge in [0.15, 0.2) is 5.65 Å². The van der Waals surface area contributed by atoms with Gasteiger partial charge in [0.05, 0.1) is 17.1 Å². The number of rotatable bonds is 3. The van der Waals surface area contributed by atoms with E-state index in [1.165, 1.54) is 18.0 Å². The van der Waals surface area contributed by atoms with E-state index in [-0.39, 0.29) is 5.56 Å². The molecule has 2 heterocycles. The molecule has 0 saturated carbocycles. The normalized spacial score (nSPS) is 11.0. The minimum atomic E-state index is -1.01. The molecule has 0 bridgehead atoms. The Kier molecular flexibility index (Phi) is 3.57. The molecule has 3 rings (SSSR count). The van der Waals surface area contributed by atoms with Crippen LogP contribution in [0.5, 0.6) is 0 Å². The van der Waals surface area contributed by atoms with E-state index in [0.29, 0.717) is 15.6 Å². The SMILES string of the molecule is Cn1ncc2c(Sc3ccc(Cl)cc3)c(C(=O)O)cnc21. The molecule has 1 N–H and O–H groups in total. The number of aromatic nitrogens is 3. The summed E-state index contributed by atoms with van der Waals surface area (Å²) in [6.07, 6.45) is 3.00. The average Bonchev–Trinajstić information content (AvgIpc) is 2.83. The maximum Gasteiger partial charge on any atom is 0.338 e. The molecular formula is C14H10ClN3O2S. The summed E-state index contributed by atoms with van der Waals surface area (Å²) in [4.78, 5) is 17.1. The second kappa shape index (κ2) is 5.38. The number of hydrogen-bond acceptors (Lipinski definition) is 4. The minimum absolute atomic E-state index is 0.162. The van der Waals surface area contributed by atoms with Crippen LogP contribution in [0, 0.1) is 0 Å². The Balaban J connectivity index is 2.16. The van der Waals surface area contributed by atoms with Crippen molar-refractivity contribution in [2.75, 3.05) is 0 Å². The van der Waals surface area contributed by atoms with Crippen molar-refractivity contribution in [3.8, 4) is 0 Å². The number of carbonyl (C=O) groups is 1. The Morgan fingerprint density at radius 3 is 2.67 bits per heavy atom. The number of fused-ring (bicyclic) bond motifs is 1. The van der Waals surface area contributed by atoms with Crippen molar-refractivity contribution in [2.24, 2.45) is 7.05 Å². The highest BCUT2D eigenvalue weighted by Gasteiger charge is 2.17. The molecule has 21 heavy (non-hydrogen) atoms. The summed E-state index contributed by atoms with van der Waals surface area (Å²) in [7, 11) is 1.77. The summed E-state index contributed by atoms with van der Waals surface area (Å²) in [6.45, 7) is 0. The van der Waals surface area contributed by atoms with Gasteiger partial charge >= 0.3 is 5.97 Å². The van der Waals surface area contributed by atoms with Crippen molar-refractivity contribution >= 4 is 40.4 Å². The molecule has 0 unspecified atom stereocenters. The van der Waals surface area contributed by atoms with Crippen molar-refractivity contribution < 1.29 is 9.90 Å². The van der Waals surface area contributed by atoms with E-state index in [0.717, 1.165) is 10.3 Å². The highest BCUT2D eigenvalue weighted by molar-refractivity contribution is 7.99. The summed E-state index contributed by atoms with van der Waals surface area (Å²) in [5, 5.41) is 14.8. The van der Waals surface area contributed by atoms with Crippen molar-refractivity contribution in [3.05, 3.63) is 47.2 Å². The molecule has 5 nitrogen and oxygen atoms in total. The standard InChI is InChI=1S/C14H10ClN3O2S/c1-18-13-10(7-17-18)12(11(6-16-13)14(19)20)21-9-4-2-8(15)3-5-9/h2-7H,1H3,(H,19,20). The Morgan fingerprint density at radius 1 is 1.29 bits per heavy atom. The summed E-state index contributed by atoms with van der Waals surface area (Å²) in [5.41, 5.74) is 0.812. The van der Waals surface area contributed by atoms with Gasteiger partial charge in [-0.2, -0.15) is 5.10 Å². The van der Waals surface area contributed by atoms with Crippen LogP contribution >= 0.6 is 23.4 Å². The lowest BCUT2D eigenvalue weighted by atomic mass is 10.2. The molecule has 7 heteroatoms. The second-order valence-electron chi connectivity index (χ2n) is 4.37. The molecule has 0 aliphatic carbocycles. The van der Waals surface area contributed by atoms with Crippen molar-refractivity contribution in [1.29, 1.82) is 0 Å². The second-order valence-corrected chi connectivity index (χ2v) is 5.89.